The van der Waals surface area contributed by atoms with Gasteiger partial charge in [0.15, 0.2) is 0 Å². The Hall–Kier alpha value is -2.55. The van der Waals surface area contributed by atoms with E-state index in [1.807, 2.05) is 53.4 Å². The Morgan fingerprint density at radius 2 is 2.04 bits per heavy atom. The summed E-state index contributed by atoms with van der Waals surface area (Å²) >= 11 is 0. The summed E-state index contributed by atoms with van der Waals surface area (Å²) in [4.78, 5) is 14.9. The molecule has 1 aliphatic heterocycles. The summed E-state index contributed by atoms with van der Waals surface area (Å²) in [7, 11) is 0. The summed E-state index contributed by atoms with van der Waals surface area (Å²) in [5.41, 5.74) is 3.05. The van der Waals surface area contributed by atoms with Crippen LogP contribution in [-0.4, -0.2) is 23.4 Å². The van der Waals surface area contributed by atoms with E-state index in [-0.39, 0.29) is 5.91 Å². The molecule has 0 N–H and O–H groups in total. The summed E-state index contributed by atoms with van der Waals surface area (Å²) in [5, 5.41) is 0. The second-order valence-electron chi connectivity index (χ2n) is 6.95. The summed E-state index contributed by atoms with van der Waals surface area (Å²) in [6.45, 7) is 7.34. The van der Waals surface area contributed by atoms with Gasteiger partial charge in [0.05, 0.1) is 6.42 Å². The maximum Gasteiger partial charge on any atom is 0.227 e. The number of piperidine rings is 1. The number of rotatable bonds is 6. The normalized spacial score (nSPS) is 17.0. The molecule has 0 aromatic heterocycles. The third-order valence-corrected chi connectivity index (χ3v) is 5.02. The second-order valence-corrected chi connectivity index (χ2v) is 6.95. The third-order valence-electron chi connectivity index (χ3n) is 5.02. The number of hydrogen-bond donors (Lipinski definition) is 0. The zero-order valence-electron chi connectivity index (χ0n) is 15.5. The minimum Gasteiger partial charge on any atom is -0.489 e. The Balaban J connectivity index is 1.75. The van der Waals surface area contributed by atoms with E-state index in [1.54, 1.807) is 6.08 Å². The predicted octanol–water partition coefficient (Wildman–Crippen LogP) is 4.85. The zero-order valence-corrected chi connectivity index (χ0v) is 15.5. The molecule has 1 unspecified atom stereocenters. The fourth-order valence-corrected chi connectivity index (χ4v) is 3.47. The Morgan fingerprint density at radius 3 is 2.77 bits per heavy atom. The van der Waals surface area contributed by atoms with Crippen molar-refractivity contribution in [1.29, 1.82) is 0 Å². The van der Waals surface area contributed by atoms with Gasteiger partial charge in [-0.15, -0.1) is 0 Å². The first-order valence-electron chi connectivity index (χ1n) is 9.39. The number of amides is 1. The highest BCUT2D eigenvalue weighted by Gasteiger charge is 2.24. The van der Waals surface area contributed by atoms with Crippen molar-refractivity contribution in [3.8, 4) is 5.75 Å². The largest absolute Gasteiger partial charge is 0.489 e. The molecule has 0 saturated carbocycles. The van der Waals surface area contributed by atoms with Gasteiger partial charge in [-0.1, -0.05) is 49.1 Å². The number of nitrogens with zero attached hydrogens (tertiary/aromatic N) is 1. The lowest BCUT2D eigenvalue weighted by atomic mass is 10.0. The van der Waals surface area contributed by atoms with Crippen LogP contribution in [0.1, 0.15) is 42.9 Å². The summed E-state index contributed by atoms with van der Waals surface area (Å²) in [6.07, 6.45) is 5.58. The van der Waals surface area contributed by atoms with Crippen molar-refractivity contribution in [3.63, 3.8) is 0 Å². The van der Waals surface area contributed by atoms with E-state index in [0.29, 0.717) is 19.1 Å². The molecule has 3 nitrogen and oxygen atoms in total. The Morgan fingerprint density at radius 1 is 1.23 bits per heavy atom. The first kappa shape index (κ1) is 18.2. The van der Waals surface area contributed by atoms with Crippen LogP contribution in [0.2, 0.25) is 0 Å². The number of carbonyl (C=O) groups excluding carboxylic acids is 1. The highest BCUT2D eigenvalue weighted by atomic mass is 16.5. The maximum absolute atomic E-state index is 12.8. The van der Waals surface area contributed by atoms with Crippen LogP contribution in [-0.2, 0) is 17.8 Å². The molecule has 2 aromatic rings. The van der Waals surface area contributed by atoms with Gasteiger partial charge in [-0.05, 0) is 49.4 Å². The van der Waals surface area contributed by atoms with Crippen LogP contribution in [0.15, 0.2) is 55.1 Å². The van der Waals surface area contributed by atoms with Crippen LogP contribution in [0.3, 0.4) is 0 Å². The topological polar surface area (TPSA) is 29.5 Å². The molecule has 0 aliphatic carbocycles. The van der Waals surface area contributed by atoms with E-state index >= 15 is 0 Å². The number of benzene rings is 2. The molecule has 3 heteroatoms. The van der Waals surface area contributed by atoms with Crippen molar-refractivity contribution in [3.05, 3.63) is 71.8 Å². The van der Waals surface area contributed by atoms with Crippen LogP contribution in [0.25, 0.3) is 6.08 Å². The van der Waals surface area contributed by atoms with Crippen LogP contribution in [0.5, 0.6) is 5.75 Å². The van der Waals surface area contributed by atoms with Gasteiger partial charge in [-0.2, -0.15) is 0 Å². The first-order chi connectivity index (χ1) is 12.7. The van der Waals surface area contributed by atoms with Crippen molar-refractivity contribution < 1.29 is 9.53 Å². The fourth-order valence-electron chi connectivity index (χ4n) is 3.47. The number of ether oxygens (including phenoxy) is 1. The molecule has 3 rings (SSSR count). The molecule has 2 aromatic carbocycles. The van der Waals surface area contributed by atoms with Gasteiger partial charge in [-0.3, -0.25) is 4.79 Å². The molecule has 1 heterocycles. The monoisotopic (exact) mass is 349 g/mol. The van der Waals surface area contributed by atoms with Gasteiger partial charge in [0, 0.05) is 18.2 Å². The van der Waals surface area contributed by atoms with E-state index < -0.39 is 0 Å². The summed E-state index contributed by atoms with van der Waals surface area (Å²) < 4.78 is 6.03. The van der Waals surface area contributed by atoms with Crippen molar-refractivity contribution in [2.75, 3.05) is 6.54 Å². The Kier molecular flexibility index (Phi) is 6.11. The van der Waals surface area contributed by atoms with Crippen molar-refractivity contribution in [2.24, 2.45) is 0 Å². The molecule has 26 heavy (non-hydrogen) atoms. The van der Waals surface area contributed by atoms with E-state index in [0.717, 1.165) is 41.8 Å². The van der Waals surface area contributed by atoms with Crippen molar-refractivity contribution >= 4 is 12.0 Å². The number of hydrogen-bond acceptors (Lipinski definition) is 2. The van der Waals surface area contributed by atoms with E-state index in [2.05, 4.69) is 13.5 Å². The Labute approximate surface area is 156 Å². The van der Waals surface area contributed by atoms with Gasteiger partial charge in [0.1, 0.15) is 12.4 Å². The fraction of sp³-hybridized carbons (Fsp3) is 0.348. The molecule has 0 spiro atoms. The molecule has 1 fully saturated rings. The highest BCUT2D eigenvalue weighted by molar-refractivity contribution is 5.80. The van der Waals surface area contributed by atoms with Gasteiger partial charge in [0.2, 0.25) is 5.91 Å². The van der Waals surface area contributed by atoms with Gasteiger partial charge in [0.25, 0.3) is 0 Å². The van der Waals surface area contributed by atoms with Gasteiger partial charge in [-0.25, -0.2) is 0 Å². The molecular formula is C23H27NO2. The van der Waals surface area contributed by atoms with Crippen LogP contribution in [0, 0.1) is 0 Å². The number of likely N-dealkylation sites (tertiary alicyclic amines) is 1. The minimum absolute atomic E-state index is 0.183. The van der Waals surface area contributed by atoms with E-state index in [1.165, 1.54) is 6.42 Å². The summed E-state index contributed by atoms with van der Waals surface area (Å²) in [5.74, 6) is 0.959. The second kappa shape index (κ2) is 8.70. The SMILES string of the molecule is C=Cc1ccc(OCc2ccccc2)c(CC(=O)N2CCCCC2C)c1. The predicted molar refractivity (Wildman–Crippen MR) is 106 cm³/mol. The molecule has 0 bridgehead atoms. The van der Waals surface area contributed by atoms with E-state index in [9.17, 15) is 4.79 Å². The lowest BCUT2D eigenvalue weighted by Gasteiger charge is -2.33. The first-order valence-corrected chi connectivity index (χ1v) is 9.39. The molecule has 1 saturated heterocycles. The smallest absolute Gasteiger partial charge is 0.227 e. The number of carbonyl (C=O) groups is 1. The van der Waals surface area contributed by atoms with E-state index in [4.69, 9.17) is 4.74 Å². The van der Waals surface area contributed by atoms with Crippen molar-refractivity contribution in [1.82, 2.24) is 4.90 Å². The lowest BCUT2D eigenvalue weighted by molar-refractivity contribution is -0.133. The van der Waals surface area contributed by atoms with Gasteiger partial charge < -0.3 is 9.64 Å². The standard InChI is InChI=1S/C23H27NO2/c1-3-19-12-13-22(26-17-20-10-5-4-6-11-20)21(15-19)16-23(25)24-14-8-7-9-18(24)2/h3-6,10-13,15,18H,1,7-9,14,16-17H2,2H3. The quantitative estimate of drug-likeness (QED) is 0.746. The molecule has 0 radical (unpaired) electrons. The molecule has 1 aliphatic rings. The average molecular weight is 349 g/mol. The van der Waals surface area contributed by atoms with Crippen molar-refractivity contribution in [2.45, 2.75) is 45.3 Å². The van der Waals surface area contributed by atoms with Crippen LogP contribution < -0.4 is 4.74 Å². The summed E-state index contributed by atoms with van der Waals surface area (Å²) in [6, 6.07) is 16.3. The zero-order chi connectivity index (χ0) is 18.4. The van der Waals surface area contributed by atoms with Crippen LogP contribution in [0.4, 0.5) is 0 Å². The molecule has 1 atom stereocenters. The Bertz CT molecular complexity index is 754. The average Bonchev–Trinajstić information content (AvgIpc) is 2.68. The van der Waals surface area contributed by atoms with Gasteiger partial charge >= 0.3 is 0 Å². The highest BCUT2D eigenvalue weighted by Crippen LogP contribution is 2.25. The lowest BCUT2D eigenvalue weighted by Crippen LogP contribution is -2.42. The third kappa shape index (κ3) is 4.54. The molecule has 1 amide bonds. The minimum atomic E-state index is 0.183. The molecular weight excluding hydrogens is 322 g/mol. The van der Waals surface area contributed by atoms with Crippen LogP contribution >= 0.6 is 0 Å². The molecule has 136 valence electrons. The maximum atomic E-state index is 12.8.